The zero-order valence-corrected chi connectivity index (χ0v) is 17.6. The van der Waals surface area contributed by atoms with Gasteiger partial charge in [-0.05, 0) is 37.8 Å². The number of hydrogen-bond donors (Lipinski definition) is 1. The van der Waals surface area contributed by atoms with E-state index in [0.717, 1.165) is 18.4 Å². The molecule has 0 saturated carbocycles. The van der Waals surface area contributed by atoms with Gasteiger partial charge >= 0.3 is 0 Å². The Balaban J connectivity index is 1.47. The minimum absolute atomic E-state index is 0.0773. The number of carbonyl (C=O) groups excluding carboxylic acids is 1. The third-order valence-electron chi connectivity index (χ3n) is 5.56. The molecule has 29 heavy (non-hydrogen) atoms. The molecule has 1 unspecified atom stereocenters. The van der Waals surface area contributed by atoms with Gasteiger partial charge in [-0.2, -0.15) is 10.2 Å². The van der Waals surface area contributed by atoms with Crippen molar-refractivity contribution in [1.82, 2.24) is 9.62 Å². The molecule has 3 rings (SSSR count). The zero-order chi connectivity index (χ0) is 20.9. The first-order valence-corrected chi connectivity index (χ1v) is 11.5. The lowest BCUT2D eigenvalue weighted by atomic mass is 9.97. The average Bonchev–Trinajstić information content (AvgIpc) is 3.50. The number of benzene rings is 1. The van der Waals surface area contributed by atoms with Gasteiger partial charge in [0.05, 0.1) is 4.90 Å². The lowest BCUT2D eigenvalue weighted by molar-refractivity contribution is -0.133. The number of rotatable bonds is 9. The summed E-state index contributed by atoms with van der Waals surface area (Å²) >= 11 is 0. The molecule has 0 spiro atoms. The summed E-state index contributed by atoms with van der Waals surface area (Å²) in [7, 11) is -3.54. The summed E-state index contributed by atoms with van der Waals surface area (Å²) in [6, 6.07) is 6.78. The van der Waals surface area contributed by atoms with Crippen LogP contribution in [0, 0.1) is 25.2 Å². The van der Waals surface area contributed by atoms with E-state index in [-0.39, 0.29) is 16.7 Å². The Bertz CT molecular complexity index is 897. The first-order valence-electron chi connectivity index (χ1n) is 10.1. The van der Waals surface area contributed by atoms with Crippen LogP contribution in [0.3, 0.4) is 0 Å². The van der Waals surface area contributed by atoms with E-state index in [1.165, 1.54) is 0 Å². The molecule has 7 nitrogen and oxygen atoms in total. The van der Waals surface area contributed by atoms with Crippen LogP contribution in [0.25, 0.3) is 0 Å². The normalized spacial score (nSPS) is 20.3. The van der Waals surface area contributed by atoms with Crippen molar-refractivity contribution in [2.75, 3.05) is 19.6 Å². The number of nitrogens with zero attached hydrogens (tertiary/aromatic N) is 3. The van der Waals surface area contributed by atoms with Crippen LogP contribution >= 0.6 is 0 Å². The molecule has 1 amide bonds. The van der Waals surface area contributed by atoms with Crippen LogP contribution in [0.15, 0.2) is 39.4 Å². The van der Waals surface area contributed by atoms with Crippen molar-refractivity contribution in [2.45, 2.75) is 56.0 Å². The summed E-state index contributed by atoms with van der Waals surface area (Å²) in [5.41, 5.74) is 0.569. The van der Waals surface area contributed by atoms with E-state index in [4.69, 9.17) is 6.42 Å². The molecule has 1 aromatic rings. The van der Waals surface area contributed by atoms with E-state index in [9.17, 15) is 13.2 Å². The van der Waals surface area contributed by atoms with Crippen LogP contribution in [0.4, 0.5) is 0 Å². The van der Waals surface area contributed by atoms with E-state index in [0.29, 0.717) is 45.3 Å². The van der Waals surface area contributed by atoms with Crippen LogP contribution in [0.2, 0.25) is 0 Å². The molecular weight excluding hydrogens is 388 g/mol. The molecule has 156 valence electrons. The highest BCUT2D eigenvalue weighted by Gasteiger charge is 2.39. The van der Waals surface area contributed by atoms with E-state index < -0.39 is 15.7 Å². The van der Waals surface area contributed by atoms with Crippen molar-refractivity contribution in [3.63, 3.8) is 0 Å². The number of likely N-dealkylation sites (tertiary alicyclic amines) is 1. The molecule has 1 aromatic carbocycles. The van der Waals surface area contributed by atoms with Crippen LogP contribution < -0.4 is 4.72 Å². The lowest BCUT2D eigenvalue weighted by Gasteiger charge is -2.33. The predicted molar refractivity (Wildman–Crippen MR) is 111 cm³/mol. The van der Waals surface area contributed by atoms with Crippen molar-refractivity contribution in [1.29, 1.82) is 0 Å². The second kappa shape index (κ2) is 9.06. The monoisotopic (exact) mass is 416 g/mol. The third-order valence-corrected chi connectivity index (χ3v) is 7.00. The van der Waals surface area contributed by atoms with Crippen molar-refractivity contribution >= 4 is 15.9 Å². The molecule has 8 heteroatoms. The van der Waals surface area contributed by atoms with E-state index >= 15 is 0 Å². The van der Waals surface area contributed by atoms with Crippen molar-refractivity contribution in [3.8, 4) is 12.3 Å². The number of sulfonamides is 1. The topological polar surface area (TPSA) is 91.2 Å². The maximum atomic E-state index is 12.6. The summed E-state index contributed by atoms with van der Waals surface area (Å²) in [5.74, 6) is 2.78. The number of aryl methyl sites for hydroxylation is 1. The molecule has 0 aliphatic carbocycles. The maximum absolute atomic E-state index is 12.6. The van der Waals surface area contributed by atoms with Gasteiger partial charge in [-0.15, -0.1) is 12.3 Å². The highest BCUT2D eigenvalue weighted by molar-refractivity contribution is 7.89. The molecule has 0 aromatic heterocycles. The number of carbonyl (C=O) groups is 1. The molecule has 1 fully saturated rings. The molecule has 1 atom stereocenters. The number of amides is 1. The fourth-order valence-corrected chi connectivity index (χ4v) is 4.74. The minimum Gasteiger partial charge on any atom is -0.342 e. The van der Waals surface area contributed by atoms with Crippen molar-refractivity contribution < 1.29 is 13.2 Å². The number of nitrogens with one attached hydrogen (secondary N) is 1. The average molecular weight is 417 g/mol. The second-order valence-electron chi connectivity index (χ2n) is 7.90. The Morgan fingerprint density at radius 3 is 2.69 bits per heavy atom. The molecule has 2 aliphatic rings. The van der Waals surface area contributed by atoms with Crippen LogP contribution in [-0.4, -0.2) is 44.5 Å². The van der Waals surface area contributed by atoms with E-state index in [1.54, 1.807) is 24.3 Å². The predicted octanol–water partition coefficient (Wildman–Crippen LogP) is 2.87. The first kappa shape index (κ1) is 21.5. The number of piperidine rings is 1. The van der Waals surface area contributed by atoms with Gasteiger partial charge < -0.3 is 4.90 Å². The molecule has 2 aliphatic heterocycles. The van der Waals surface area contributed by atoms with Gasteiger partial charge in [0.15, 0.2) is 5.66 Å². The van der Waals surface area contributed by atoms with Gasteiger partial charge in [-0.3, -0.25) is 4.79 Å². The Morgan fingerprint density at radius 2 is 2.03 bits per heavy atom. The summed E-state index contributed by atoms with van der Waals surface area (Å²) in [5, 5.41) is 8.15. The number of hydrogen-bond acceptors (Lipinski definition) is 5. The smallest absolute Gasteiger partial charge is 0.240 e. The van der Waals surface area contributed by atoms with Crippen LogP contribution in [0.1, 0.15) is 44.1 Å². The van der Waals surface area contributed by atoms with Gasteiger partial charge in [-0.25, -0.2) is 13.1 Å². The van der Waals surface area contributed by atoms with Gasteiger partial charge in [-0.1, -0.05) is 17.7 Å². The fourth-order valence-electron chi connectivity index (χ4n) is 3.62. The number of terminal acetylenes is 1. The van der Waals surface area contributed by atoms with Gasteiger partial charge in [0, 0.05) is 45.3 Å². The molecule has 0 radical (unpaired) electrons. The summed E-state index contributed by atoms with van der Waals surface area (Å²) in [4.78, 5) is 14.7. The SMILES string of the molecule is C#CCCC1(CCC(=O)N2CCCC(CNS(=O)(=O)c3ccc(C)cc3)C2)N=N1. The Hall–Kier alpha value is -2.24. The van der Waals surface area contributed by atoms with E-state index in [2.05, 4.69) is 20.9 Å². The Kier molecular flexibility index (Phi) is 6.70. The highest BCUT2D eigenvalue weighted by Crippen LogP contribution is 2.37. The minimum atomic E-state index is -3.54. The molecule has 1 saturated heterocycles. The fraction of sp³-hybridized carbons (Fsp3) is 0.571. The zero-order valence-electron chi connectivity index (χ0n) is 16.8. The van der Waals surface area contributed by atoms with Gasteiger partial charge in [0.1, 0.15) is 0 Å². The summed E-state index contributed by atoms with van der Waals surface area (Å²) < 4.78 is 27.7. The van der Waals surface area contributed by atoms with Crippen LogP contribution in [0.5, 0.6) is 0 Å². The van der Waals surface area contributed by atoms with Crippen LogP contribution in [-0.2, 0) is 14.8 Å². The van der Waals surface area contributed by atoms with Crippen molar-refractivity contribution in [2.24, 2.45) is 16.1 Å². The molecular formula is C21H28N4O3S. The summed E-state index contributed by atoms with van der Waals surface area (Å²) in [6.45, 7) is 3.53. The third kappa shape index (κ3) is 5.87. The largest absolute Gasteiger partial charge is 0.342 e. The van der Waals surface area contributed by atoms with Gasteiger partial charge in [0.25, 0.3) is 0 Å². The second-order valence-corrected chi connectivity index (χ2v) is 9.67. The van der Waals surface area contributed by atoms with Gasteiger partial charge in [0.2, 0.25) is 15.9 Å². The molecule has 2 heterocycles. The maximum Gasteiger partial charge on any atom is 0.240 e. The molecule has 0 bridgehead atoms. The Labute approximate surface area is 173 Å². The van der Waals surface area contributed by atoms with Crippen molar-refractivity contribution in [3.05, 3.63) is 29.8 Å². The highest BCUT2D eigenvalue weighted by atomic mass is 32.2. The first-order chi connectivity index (χ1) is 13.8. The quantitative estimate of drug-likeness (QED) is 0.628. The molecule has 1 N–H and O–H groups in total. The van der Waals surface area contributed by atoms with E-state index in [1.807, 2.05) is 11.8 Å². The summed E-state index contributed by atoms with van der Waals surface area (Å²) in [6.07, 6.45) is 9.35. The lowest BCUT2D eigenvalue weighted by Crippen LogP contribution is -2.43. The standard InChI is InChI=1S/C21H28N4O3S/c1-3-4-12-21(23-24-21)13-11-20(26)25-14-5-6-18(16-25)15-22-29(27,28)19-9-7-17(2)8-10-19/h1,7-10,18,22H,4-6,11-16H2,2H3. The Morgan fingerprint density at radius 1 is 1.31 bits per heavy atom.